The Morgan fingerprint density at radius 1 is 1.16 bits per heavy atom. The molecule has 4 unspecified atom stereocenters. The van der Waals surface area contributed by atoms with Gasteiger partial charge in [0.05, 0.1) is 6.10 Å². The second-order valence-electron chi connectivity index (χ2n) is 8.43. The average Bonchev–Trinajstić information content (AvgIpc) is 2.87. The van der Waals surface area contributed by atoms with Crippen LogP contribution in [-0.2, 0) is 5.41 Å². The molecule has 0 spiro atoms. The predicted octanol–water partition coefficient (Wildman–Crippen LogP) is 4.00. The predicted molar refractivity (Wildman–Crippen MR) is 98.3 cm³/mol. The summed E-state index contributed by atoms with van der Waals surface area (Å²) in [5, 5.41) is 31.2. The van der Waals surface area contributed by atoms with E-state index < -0.39 is 18.3 Å². The Hall–Kier alpha value is -1.26. The van der Waals surface area contributed by atoms with E-state index in [9.17, 15) is 15.3 Å². The molecule has 4 heteroatoms. The average molecular weight is 348 g/mol. The SMILES string of the molecule is CCCCCC(C)(C)c1cc(O)c2c(c1)OC1C2CCCC(O)C1O. The Balaban J connectivity index is 1.89. The van der Waals surface area contributed by atoms with Gasteiger partial charge in [0.1, 0.15) is 23.7 Å². The summed E-state index contributed by atoms with van der Waals surface area (Å²) in [4.78, 5) is 0. The number of ether oxygens (including phenoxy) is 1. The number of phenolic OH excluding ortho intramolecular Hbond substituents is 1. The molecule has 4 atom stereocenters. The molecule has 1 aromatic rings. The number of fused-ring (bicyclic) bond motifs is 3. The molecule has 1 saturated carbocycles. The monoisotopic (exact) mass is 348 g/mol. The molecule has 2 aliphatic rings. The molecule has 1 aliphatic carbocycles. The van der Waals surface area contributed by atoms with Gasteiger partial charge in [0.15, 0.2) is 0 Å². The van der Waals surface area contributed by atoms with E-state index >= 15 is 0 Å². The summed E-state index contributed by atoms with van der Waals surface area (Å²) in [6.45, 7) is 6.61. The number of aliphatic hydroxyl groups excluding tert-OH is 2. The van der Waals surface area contributed by atoms with Crippen molar-refractivity contribution >= 4 is 0 Å². The van der Waals surface area contributed by atoms with Crippen molar-refractivity contribution in [3.8, 4) is 11.5 Å². The fourth-order valence-corrected chi connectivity index (χ4v) is 4.38. The Bertz CT molecular complexity index is 610. The number of hydrogen-bond donors (Lipinski definition) is 3. The molecule has 0 bridgehead atoms. The van der Waals surface area contributed by atoms with Gasteiger partial charge in [-0.15, -0.1) is 0 Å². The highest BCUT2D eigenvalue weighted by molar-refractivity contribution is 5.54. The van der Waals surface area contributed by atoms with Crippen LogP contribution in [0.2, 0.25) is 0 Å². The third kappa shape index (κ3) is 3.52. The van der Waals surface area contributed by atoms with E-state index in [0.717, 1.165) is 30.4 Å². The summed E-state index contributed by atoms with van der Waals surface area (Å²) < 4.78 is 6.05. The van der Waals surface area contributed by atoms with Crippen LogP contribution in [-0.4, -0.2) is 33.6 Å². The van der Waals surface area contributed by atoms with Gasteiger partial charge < -0.3 is 20.1 Å². The van der Waals surface area contributed by atoms with Gasteiger partial charge in [-0.3, -0.25) is 0 Å². The van der Waals surface area contributed by atoms with Gasteiger partial charge in [-0.1, -0.05) is 46.5 Å². The van der Waals surface area contributed by atoms with Crippen LogP contribution in [0.25, 0.3) is 0 Å². The molecule has 1 aromatic carbocycles. The number of benzene rings is 1. The highest BCUT2D eigenvalue weighted by Gasteiger charge is 2.45. The van der Waals surface area contributed by atoms with Gasteiger partial charge in [-0.25, -0.2) is 0 Å². The lowest BCUT2D eigenvalue weighted by Gasteiger charge is -2.26. The molecule has 0 saturated heterocycles. The molecule has 1 heterocycles. The number of unbranched alkanes of at least 4 members (excludes halogenated alkanes) is 2. The third-order valence-corrected chi connectivity index (χ3v) is 6.08. The third-order valence-electron chi connectivity index (χ3n) is 6.08. The van der Waals surface area contributed by atoms with Crippen LogP contribution in [0.5, 0.6) is 11.5 Å². The minimum absolute atomic E-state index is 0.0339. The van der Waals surface area contributed by atoms with Gasteiger partial charge >= 0.3 is 0 Å². The van der Waals surface area contributed by atoms with Crippen molar-refractivity contribution in [2.45, 2.75) is 95.4 Å². The molecule has 1 fully saturated rings. The van der Waals surface area contributed by atoms with Crippen molar-refractivity contribution in [2.24, 2.45) is 0 Å². The first-order valence-electron chi connectivity index (χ1n) is 9.75. The quantitative estimate of drug-likeness (QED) is 0.704. The lowest BCUT2D eigenvalue weighted by Crippen LogP contribution is -2.40. The van der Waals surface area contributed by atoms with Gasteiger partial charge in [-0.05, 0) is 42.4 Å². The molecule has 4 nitrogen and oxygen atoms in total. The number of hydrogen-bond acceptors (Lipinski definition) is 4. The second kappa shape index (κ2) is 7.16. The summed E-state index contributed by atoms with van der Waals surface area (Å²) >= 11 is 0. The number of aliphatic hydroxyl groups is 2. The molecular formula is C21H32O4. The van der Waals surface area contributed by atoms with Crippen molar-refractivity contribution < 1.29 is 20.1 Å². The molecular weight excluding hydrogens is 316 g/mol. The normalized spacial score (nSPS) is 28.8. The van der Waals surface area contributed by atoms with Crippen molar-refractivity contribution in [2.75, 3.05) is 0 Å². The minimum atomic E-state index is -0.902. The summed E-state index contributed by atoms with van der Waals surface area (Å²) in [7, 11) is 0. The Morgan fingerprint density at radius 3 is 2.64 bits per heavy atom. The van der Waals surface area contributed by atoms with Crippen molar-refractivity contribution in [1.82, 2.24) is 0 Å². The molecule has 25 heavy (non-hydrogen) atoms. The minimum Gasteiger partial charge on any atom is -0.508 e. The lowest BCUT2D eigenvalue weighted by molar-refractivity contribution is -0.0434. The van der Waals surface area contributed by atoms with E-state index in [2.05, 4.69) is 20.8 Å². The number of phenols is 1. The van der Waals surface area contributed by atoms with Gasteiger partial charge in [-0.2, -0.15) is 0 Å². The van der Waals surface area contributed by atoms with Crippen LogP contribution in [0.15, 0.2) is 12.1 Å². The first-order chi connectivity index (χ1) is 11.8. The van der Waals surface area contributed by atoms with E-state index in [0.29, 0.717) is 12.2 Å². The fourth-order valence-electron chi connectivity index (χ4n) is 4.38. The summed E-state index contributed by atoms with van der Waals surface area (Å²) in [6.07, 6.45) is 4.74. The van der Waals surface area contributed by atoms with Crippen LogP contribution < -0.4 is 4.74 Å². The van der Waals surface area contributed by atoms with Crippen molar-refractivity contribution in [3.63, 3.8) is 0 Å². The van der Waals surface area contributed by atoms with Crippen molar-refractivity contribution in [3.05, 3.63) is 23.3 Å². The second-order valence-corrected chi connectivity index (χ2v) is 8.43. The largest absolute Gasteiger partial charge is 0.508 e. The first kappa shape index (κ1) is 18.5. The Kier molecular flexibility index (Phi) is 5.31. The maximum Gasteiger partial charge on any atom is 0.134 e. The lowest BCUT2D eigenvalue weighted by atomic mass is 9.78. The van der Waals surface area contributed by atoms with Crippen molar-refractivity contribution in [1.29, 1.82) is 0 Å². The summed E-state index contributed by atoms with van der Waals surface area (Å²) in [6, 6.07) is 3.92. The zero-order chi connectivity index (χ0) is 18.2. The maximum absolute atomic E-state index is 10.7. The summed E-state index contributed by atoms with van der Waals surface area (Å²) in [5.74, 6) is 0.910. The van der Waals surface area contributed by atoms with Crippen LogP contribution in [0.3, 0.4) is 0 Å². The highest BCUT2D eigenvalue weighted by atomic mass is 16.5. The van der Waals surface area contributed by atoms with Gasteiger partial charge in [0, 0.05) is 11.5 Å². The van der Waals surface area contributed by atoms with Crippen LogP contribution >= 0.6 is 0 Å². The van der Waals surface area contributed by atoms with E-state index in [4.69, 9.17) is 4.74 Å². The van der Waals surface area contributed by atoms with Crippen LogP contribution in [0.1, 0.15) is 82.8 Å². The zero-order valence-corrected chi connectivity index (χ0v) is 15.7. The van der Waals surface area contributed by atoms with Gasteiger partial charge in [0.25, 0.3) is 0 Å². The molecule has 140 valence electrons. The maximum atomic E-state index is 10.7. The Morgan fingerprint density at radius 2 is 1.92 bits per heavy atom. The van der Waals surface area contributed by atoms with E-state index in [1.54, 1.807) is 0 Å². The van der Waals surface area contributed by atoms with E-state index in [1.165, 1.54) is 19.3 Å². The van der Waals surface area contributed by atoms with E-state index in [1.807, 2.05) is 12.1 Å². The van der Waals surface area contributed by atoms with Crippen LogP contribution in [0.4, 0.5) is 0 Å². The smallest absolute Gasteiger partial charge is 0.134 e. The number of rotatable bonds is 5. The van der Waals surface area contributed by atoms with Crippen LogP contribution in [0, 0.1) is 0 Å². The highest BCUT2D eigenvalue weighted by Crippen LogP contribution is 2.50. The van der Waals surface area contributed by atoms with E-state index in [-0.39, 0.29) is 17.1 Å². The molecule has 0 amide bonds. The molecule has 0 radical (unpaired) electrons. The number of aromatic hydroxyl groups is 1. The topological polar surface area (TPSA) is 69.9 Å². The Labute approximate surface area is 150 Å². The van der Waals surface area contributed by atoms with Gasteiger partial charge in [0.2, 0.25) is 0 Å². The fraction of sp³-hybridized carbons (Fsp3) is 0.714. The standard InChI is InChI=1S/C21H32O4/c1-4-5-6-10-21(2,3)13-11-16(23)18-14-8-7-9-15(22)19(24)20(14)25-17(18)12-13/h11-12,14-15,19-20,22-24H,4-10H2,1-3H3. The molecule has 1 aliphatic heterocycles. The molecule has 3 rings (SSSR count). The molecule has 0 aromatic heterocycles. The molecule has 3 N–H and O–H groups in total. The summed E-state index contributed by atoms with van der Waals surface area (Å²) in [5.41, 5.74) is 1.85. The zero-order valence-electron chi connectivity index (χ0n) is 15.7. The first-order valence-corrected chi connectivity index (χ1v) is 9.75.